The van der Waals surface area contributed by atoms with E-state index in [4.69, 9.17) is 3.07 Å². The second-order valence-corrected chi connectivity index (χ2v) is 10.8. The molecule has 1 aliphatic rings. The van der Waals surface area contributed by atoms with Gasteiger partial charge in [-0.1, -0.05) is 0 Å². The first-order valence-electron chi connectivity index (χ1n) is 7.87. The van der Waals surface area contributed by atoms with Crippen molar-refractivity contribution in [2.45, 2.75) is 35.7 Å². The van der Waals surface area contributed by atoms with E-state index >= 15 is 0 Å². The minimum absolute atomic E-state index is 0.0222. The Morgan fingerprint density at radius 3 is 2.18 bits per heavy atom. The maximum atomic E-state index is 14.8. The third kappa shape index (κ3) is 3.68. The van der Waals surface area contributed by atoms with Crippen molar-refractivity contribution in [3.05, 3.63) is 63.2 Å². The van der Waals surface area contributed by atoms with Crippen LogP contribution in [0.5, 0.6) is 5.75 Å². The summed E-state index contributed by atoms with van der Waals surface area (Å²) in [6.07, 6.45) is -9.89. The molecule has 0 atom stereocenters. The van der Waals surface area contributed by atoms with Crippen LogP contribution in [0.25, 0.3) is 0 Å². The van der Waals surface area contributed by atoms with Crippen molar-refractivity contribution in [2.75, 3.05) is 0 Å². The molecule has 1 aliphatic heterocycles. The zero-order valence-electron chi connectivity index (χ0n) is 14.5. The second-order valence-electron chi connectivity index (χ2n) is 6.46. The number of rotatable bonds is 4. The Morgan fingerprint density at radius 2 is 1.54 bits per heavy atom. The van der Waals surface area contributed by atoms with Gasteiger partial charge in [0.05, 0.1) is 0 Å². The first-order chi connectivity index (χ1) is 12.8. The zero-order valence-corrected chi connectivity index (χ0v) is 16.6. The Labute approximate surface area is 163 Å². The Bertz CT molecular complexity index is 880. The number of halogens is 8. The molecule has 0 aliphatic carbocycles. The van der Waals surface area contributed by atoms with Crippen LogP contribution in [0, 0.1) is 3.57 Å². The van der Waals surface area contributed by atoms with Crippen molar-refractivity contribution < 1.29 is 38.5 Å². The average molecular weight is 522 g/mol. The molecule has 28 heavy (non-hydrogen) atoms. The molecule has 0 aromatic heterocycles. The fraction of sp³-hybridized carbons (Fsp3) is 0.333. The number of alkyl halides is 8. The molecule has 0 saturated heterocycles. The quantitative estimate of drug-likeness (QED) is 0.249. The van der Waals surface area contributed by atoms with Gasteiger partial charge in [-0.05, 0) is 0 Å². The molecule has 3 rings (SSSR count). The molecule has 0 unspecified atom stereocenters. The number of hydrogen-bond donors (Lipinski definition) is 0. The van der Waals surface area contributed by atoms with Crippen molar-refractivity contribution in [1.82, 2.24) is 0 Å². The Hall–Kier alpha value is -1.56. The molecule has 2 aromatic rings. The fourth-order valence-electron chi connectivity index (χ4n) is 2.59. The van der Waals surface area contributed by atoms with E-state index in [0.717, 1.165) is 12.1 Å². The monoisotopic (exact) mass is 522 g/mol. The van der Waals surface area contributed by atoms with Crippen molar-refractivity contribution in [3.63, 3.8) is 0 Å². The van der Waals surface area contributed by atoms with E-state index in [-0.39, 0.29) is 9.64 Å². The number of ether oxygens (including phenoxy) is 1. The molecular formula is C18H14F7IO2. The van der Waals surface area contributed by atoms with Gasteiger partial charge in [0.2, 0.25) is 0 Å². The summed E-state index contributed by atoms with van der Waals surface area (Å²) in [5.74, 6) is -1.01. The average Bonchev–Trinajstić information content (AvgIpc) is 2.86. The van der Waals surface area contributed by atoms with Gasteiger partial charge in [0.15, 0.2) is 0 Å². The standard InChI is InChI=1S/C18H14F7IO2/c1-15(2)13-8-3-4-9-14(13)26(28-15)17(22,23)18(24,25)27-12-7-5-6-11(10-12)16(19,20)21/h3-10H,1-2H3. The maximum absolute atomic E-state index is 14.8. The van der Waals surface area contributed by atoms with E-state index in [1.54, 1.807) is 6.07 Å². The third-order valence-electron chi connectivity index (χ3n) is 3.93. The van der Waals surface area contributed by atoms with E-state index in [9.17, 15) is 30.7 Å². The van der Waals surface area contributed by atoms with Crippen molar-refractivity contribution >= 4 is 20.2 Å². The molecule has 154 valence electrons. The van der Waals surface area contributed by atoms with Gasteiger partial charge in [0, 0.05) is 0 Å². The molecule has 0 N–H and O–H groups in total. The van der Waals surface area contributed by atoms with Gasteiger partial charge < -0.3 is 0 Å². The van der Waals surface area contributed by atoms with E-state index in [1.807, 2.05) is 0 Å². The molecule has 0 fully saturated rings. The van der Waals surface area contributed by atoms with E-state index < -0.39 is 53.4 Å². The molecule has 1 heterocycles. The summed E-state index contributed by atoms with van der Waals surface area (Å²) in [5, 5.41) is 0. The summed E-state index contributed by atoms with van der Waals surface area (Å²) in [4.78, 5) is 0. The summed E-state index contributed by atoms with van der Waals surface area (Å²) >= 11 is -4.28. The summed E-state index contributed by atoms with van der Waals surface area (Å²) in [5.41, 5.74) is -2.08. The second kappa shape index (κ2) is 6.75. The van der Waals surface area contributed by atoms with Crippen LogP contribution >= 0.6 is 20.2 Å². The molecule has 0 amide bonds. The van der Waals surface area contributed by atoms with Crippen LogP contribution in [-0.4, -0.2) is 10.0 Å². The van der Waals surface area contributed by atoms with Gasteiger partial charge in [-0.2, -0.15) is 0 Å². The van der Waals surface area contributed by atoms with Gasteiger partial charge in [-0.15, -0.1) is 0 Å². The summed E-state index contributed by atoms with van der Waals surface area (Å²) in [7, 11) is 0. The molecule has 0 radical (unpaired) electrons. The van der Waals surface area contributed by atoms with E-state index in [0.29, 0.717) is 11.6 Å². The molecule has 0 saturated carbocycles. The molecule has 10 heteroatoms. The van der Waals surface area contributed by atoms with Gasteiger partial charge >= 0.3 is 163 Å². The first kappa shape index (κ1) is 21.2. The molecule has 2 aromatic carbocycles. The van der Waals surface area contributed by atoms with Gasteiger partial charge in [0.1, 0.15) is 0 Å². The van der Waals surface area contributed by atoms with Gasteiger partial charge in [-0.25, -0.2) is 0 Å². The van der Waals surface area contributed by atoms with Crippen LogP contribution in [-0.2, 0) is 14.8 Å². The SMILES string of the molecule is CC1(C)OI(C(F)(F)C(F)(F)Oc2cccc(C(F)(F)F)c2)c2ccccc21. The first-order valence-corrected chi connectivity index (χ1v) is 10.9. The van der Waals surface area contributed by atoms with Crippen LogP contribution in [0.2, 0.25) is 0 Å². The van der Waals surface area contributed by atoms with Crippen LogP contribution in [0.3, 0.4) is 0 Å². The van der Waals surface area contributed by atoms with E-state index in [1.165, 1.54) is 32.0 Å². The van der Waals surface area contributed by atoms with Crippen LogP contribution in [0.4, 0.5) is 30.7 Å². The molecular weight excluding hydrogens is 508 g/mol. The number of hydrogen-bond acceptors (Lipinski definition) is 2. The van der Waals surface area contributed by atoms with Crippen LogP contribution in [0.1, 0.15) is 25.0 Å². The predicted octanol–water partition coefficient (Wildman–Crippen LogP) is 6.83. The number of fused-ring (bicyclic) bond motifs is 1. The van der Waals surface area contributed by atoms with E-state index in [2.05, 4.69) is 4.74 Å². The van der Waals surface area contributed by atoms with Crippen molar-refractivity contribution in [2.24, 2.45) is 0 Å². The summed E-state index contributed by atoms with van der Waals surface area (Å²) < 4.78 is 101. The van der Waals surface area contributed by atoms with Crippen LogP contribution < -0.4 is 4.74 Å². The van der Waals surface area contributed by atoms with Gasteiger partial charge in [-0.3, -0.25) is 0 Å². The minimum atomic E-state index is -5.06. The van der Waals surface area contributed by atoms with Crippen molar-refractivity contribution in [1.29, 1.82) is 0 Å². The third-order valence-corrected chi connectivity index (χ3v) is 9.33. The Balaban J connectivity index is 1.94. The topological polar surface area (TPSA) is 18.5 Å². The normalized spacial score (nSPS) is 18.1. The summed E-state index contributed by atoms with van der Waals surface area (Å²) in [6.45, 7) is 2.98. The molecule has 0 bridgehead atoms. The summed E-state index contributed by atoms with van der Waals surface area (Å²) in [6, 6.07) is 8.29. The Morgan fingerprint density at radius 1 is 0.893 bits per heavy atom. The number of benzene rings is 2. The molecule has 2 nitrogen and oxygen atoms in total. The Kier molecular flexibility index (Phi) is 5.10. The van der Waals surface area contributed by atoms with Crippen molar-refractivity contribution in [3.8, 4) is 5.75 Å². The fourth-order valence-corrected chi connectivity index (χ4v) is 7.75. The predicted molar refractivity (Wildman–Crippen MR) is 95.2 cm³/mol. The van der Waals surface area contributed by atoms with Gasteiger partial charge in [0.25, 0.3) is 0 Å². The van der Waals surface area contributed by atoms with Crippen LogP contribution in [0.15, 0.2) is 48.5 Å². The zero-order chi connectivity index (χ0) is 21.0. The molecule has 0 spiro atoms.